The van der Waals surface area contributed by atoms with Crippen molar-refractivity contribution in [1.82, 2.24) is 15.3 Å². The van der Waals surface area contributed by atoms with E-state index in [4.69, 9.17) is 4.74 Å². The fourth-order valence-corrected chi connectivity index (χ4v) is 1.87. The standard InChI is InChI=1S/C15H19N3O/c1-19-15-10-14(6-9-18-15)12-17-8-3-5-13-4-2-7-16-11-13/h2,4,6-7,9-11,17H,3,5,8,12H2,1H3. The van der Waals surface area contributed by atoms with Crippen molar-refractivity contribution in [3.63, 3.8) is 0 Å². The second-order valence-electron chi connectivity index (χ2n) is 4.35. The minimum Gasteiger partial charge on any atom is -0.481 e. The molecule has 0 saturated heterocycles. The van der Waals surface area contributed by atoms with Gasteiger partial charge in [0.15, 0.2) is 0 Å². The van der Waals surface area contributed by atoms with Gasteiger partial charge in [-0.05, 0) is 42.6 Å². The Bertz CT molecular complexity index is 488. The SMILES string of the molecule is COc1cc(CNCCCc2cccnc2)ccn1. The Morgan fingerprint density at radius 1 is 1.21 bits per heavy atom. The predicted molar refractivity (Wildman–Crippen MR) is 75.1 cm³/mol. The van der Waals surface area contributed by atoms with E-state index in [0.29, 0.717) is 5.88 Å². The molecule has 0 amide bonds. The summed E-state index contributed by atoms with van der Waals surface area (Å²) in [6, 6.07) is 8.04. The van der Waals surface area contributed by atoms with Gasteiger partial charge in [0.1, 0.15) is 0 Å². The molecule has 0 spiro atoms. The summed E-state index contributed by atoms with van der Waals surface area (Å²) in [5.74, 6) is 0.662. The van der Waals surface area contributed by atoms with Crippen molar-refractivity contribution >= 4 is 0 Å². The van der Waals surface area contributed by atoms with Gasteiger partial charge in [-0.25, -0.2) is 4.98 Å². The molecule has 4 heteroatoms. The smallest absolute Gasteiger partial charge is 0.213 e. The number of methoxy groups -OCH3 is 1. The summed E-state index contributed by atoms with van der Waals surface area (Å²) in [5.41, 5.74) is 2.48. The van der Waals surface area contributed by atoms with Crippen molar-refractivity contribution in [2.75, 3.05) is 13.7 Å². The highest BCUT2D eigenvalue weighted by Gasteiger charge is 1.97. The summed E-state index contributed by atoms with van der Waals surface area (Å²) >= 11 is 0. The molecule has 4 nitrogen and oxygen atoms in total. The van der Waals surface area contributed by atoms with Gasteiger partial charge in [-0.1, -0.05) is 6.07 Å². The predicted octanol–water partition coefficient (Wildman–Crippen LogP) is 2.21. The number of pyridine rings is 2. The van der Waals surface area contributed by atoms with Gasteiger partial charge in [-0.15, -0.1) is 0 Å². The van der Waals surface area contributed by atoms with Crippen LogP contribution in [0, 0.1) is 0 Å². The largest absolute Gasteiger partial charge is 0.481 e. The van der Waals surface area contributed by atoms with Crippen LogP contribution in [0.4, 0.5) is 0 Å². The summed E-state index contributed by atoms with van der Waals surface area (Å²) in [7, 11) is 1.63. The number of ether oxygens (including phenoxy) is 1. The second-order valence-corrected chi connectivity index (χ2v) is 4.35. The van der Waals surface area contributed by atoms with Crippen LogP contribution in [0.2, 0.25) is 0 Å². The zero-order valence-corrected chi connectivity index (χ0v) is 11.2. The average Bonchev–Trinajstić information content (AvgIpc) is 2.48. The molecule has 1 N–H and O–H groups in total. The lowest BCUT2D eigenvalue weighted by Gasteiger charge is -2.06. The van der Waals surface area contributed by atoms with Crippen LogP contribution in [0.3, 0.4) is 0 Å². The molecule has 0 aliphatic carbocycles. The summed E-state index contributed by atoms with van der Waals surface area (Å²) in [4.78, 5) is 8.19. The Morgan fingerprint density at radius 2 is 2.16 bits per heavy atom. The number of rotatable bonds is 7. The van der Waals surface area contributed by atoms with Crippen molar-refractivity contribution in [3.8, 4) is 5.88 Å². The molecule has 2 aromatic rings. The molecule has 0 aliphatic heterocycles. The van der Waals surface area contributed by atoms with Gasteiger partial charge in [0.2, 0.25) is 5.88 Å². The number of hydrogen-bond donors (Lipinski definition) is 1. The lowest BCUT2D eigenvalue weighted by molar-refractivity contribution is 0.397. The summed E-state index contributed by atoms with van der Waals surface area (Å²) in [6.07, 6.45) is 7.66. The Morgan fingerprint density at radius 3 is 2.95 bits per heavy atom. The summed E-state index contributed by atoms with van der Waals surface area (Å²) < 4.78 is 5.09. The summed E-state index contributed by atoms with van der Waals surface area (Å²) in [6.45, 7) is 1.82. The molecule has 0 saturated carbocycles. The average molecular weight is 257 g/mol. The van der Waals surface area contributed by atoms with Crippen molar-refractivity contribution in [2.45, 2.75) is 19.4 Å². The fraction of sp³-hybridized carbons (Fsp3) is 0.333. The molecule has 0 aromatic carbocycles. The van der Waals surface area contributed by atoms with Crippen molar-refractivity contribution < 1.29 is 4.74 Å². The van der Waals surface area contributed by atoms with Gasteiger partial charge in [-0.3, -0.25) is 4.98 Å². The number of hydrogen-bond acceptors (Lipinski definition) is 4. The third-order valence-corrected chi connectivity index (χ3v) is 2.88. The Hall–Kier alpha value is -1.94. The third-order valence-electron chi connectivity index (χ3n) is 2.88. The Balaban J connectivity index is 1.66. The van der Waals surface area contributed by atoms with Crippen molar-refractivity contribution in [1.29, 1.82) is 0 Å². The molecule has 19 heavy (non-hydrogen) atoms. The summed E-state index contributed by atoms with van der Waals surface area (Å²) in [5, 5.41) is 3.42. The van der Waals surface area contributed by atoms with E-state index in [-0.39, 0.29) is 0 Å². The Labute approximate surface area is 113 Å². The molecule has 2 rings (SSSR count). The second kappa shape index (κ2) is 7.48. The molecule has 0 fully saturated rings. The maximum Gasteiger partial charge on any atom is 0.213 e. The molecule has 100 valence electrons. The minimum absolute atomic E-state index is 0.662. The van der Waals surface area contributed by atoms with Crippen LogP contribution >= 0.6 is 0 Å². The molecule has 0 bridgehead atoms. The first-order valence-corrected chi connectivity index (χ1v) is 6.47. The van der Waals surface area contributed by atoms with Gasteiger partial charge in [0, 0.05) is 31.2 Å². The number of aromatic nitrogens is 2. The quantitative estimate of drug-likeness (QED) is 0.773. The lowest BCUT2D eigenvalue weighted by Crippen LogP contribution is -2.15. The van der Waals surface area contributed by atoms with Gasteiger partial charge >= 0.3 is 0 Å². The zero-order chi connectivity index (χ0) is 13.3. The van der Waals surface area contributed by atoms with E-state index in [1.165, 1.54) is 11.1 Å². The highest BCUT2D eigenvalue weighted by atomic mass is 16.5. The number of nitrogens with zero attached hydrogens (tertiary/aromatic N) is 2. The van der Waals surface area contributed by atoms with Gasteiger partial charge in [0.25, 0.3) is 0 Å². The minimum atomic E-state index is 0.662. The monoisotopic (exact) mass is 257 g/mol. The van der Waals surface area contributed by atoms with E-state index in [1.807, 2.05) is 24.4 Å². The molecule has 2 heterocycles. The molecule has 0 atom stereocenters. The van der Waals surface area contributed by atoms with Crippen LogP contribution in [0.25, 0.3) is 0 Å². The van der Waals surface area contributed by atoms with Crippen molar-refractivity contribution in [3.05, 3.63) is 54.0 Å². The van der Waals surface area contributed by atoms with E-state index in [2.05, 4.69) is 21.4 Å². The molecule has 0 radical (unpaired) electrons. The first kappa shape index (κ1) is 13.5. The number of nitrogens with one attached hydrogen (secondary N) is 1. The van der Waals surface area contributed by atoms with Crippen LogP contribution in [-0.4, -0.2) is 23.6 Å². The van der Waals surface area contributed by atoms with Gasteiger partial charge in [-0.2, -0.15) is 0 Å². The first-order valence-electron chi connectivity index (χ1n) is 6.47. The fourth-order valence-electron chi connectivity index (χ4n) is 1.87. The van der Waals surface area contributed by atoms with Crippen LogP contribution < -0.4 is 10.1 Å². The van der Waals surface area contributed by atoms with Crippen LogP contribution in [-0.2, 0) is 13.0 Å². The van der Waals surface area contributed by atoms with E-state index in [9.17, 15) is 0 Å². The lowest BCUT2D eigenvalue weighted by atomic mass is 10.1. The first-order chi connectivity index (χ1) is 9.38. The number of aryl methyl sites for hydroxylation is 1. The van der Waals surface area contributed by atoms with Crippen LogP contribution in [0.5, 0.6) is 5.88 Å². The third kappa shape index (κ3) is 4.67. The molecule has 0 aliphatic rings. The maximum absolute atomic E-state index is 5.09. The maximum atomic E-state index is 5.09. The molecular formula is C15H19N3O. The van der Waals surface area contributed by atoms with E-state index >= 15 is 0 Å². The van der Waals surface area contributed by atoms with Crippen molar-refractivity contribution in [2.24, 2.45) is 0 Å². The topological polar surface area (TPSA) is 47.0 Å². The molecule has 2 aromatic heterocycles. The zero-order valence-electron chi connectivity index (χ0n) is 11.2. The molecular weight excluding hydrogens is 238 g/mol. The highest BCUT2D eigenvalue weighted by molar-refractivity contribution is 5.20. The van der Waals surface area contributed by atoms with E-state index in [0.717, 1.165) is 25.9 Å². The van der Waals surface area contributed by atoms with Gasteiger partial charge in [0.05, 0.1) is 7.11 Å². The van der Waals surface area contributed by atoms with E-state index < -0.39 is 0 Å². The normalized spacial score (nSPS) is 10.4. The molecule has 0 unspecified atom stereocenters. The van der Waals surface area contributed by atoms with Gasteiger partial charge < -0.3 is 10.1 Å². The van der Waals surface area contributed by atoms with E-state index in [1.54, 1.807) is 19.5 Å². The van der Waals surface area contributed by atoms with Crippen LogP contribution in [0.15, 0.2) is 42.9 Å². The Kier molecular flexibility index (Phi) is 5.31. The highest BCUT2D eigenvalue weighted by Crippen LogP contribution is 2.08. The van der Waals surface area contributed by atoms with Crippen LogP contribution in [0.1, 0.15) is 17.5 Å².